The van der Waals surface area contributed by atoms with Gasteiger partial charge in [-0.25, -0.2) is 0 Å². The number of carbonyl (C=O) groups excluding carboxylic acids is 1. The van der Waals surface area contributed by atoms with E-state index in [2.05, 4.69) is 44.8 Å². The quantitative estimate of drug-likeness (QED) is 0.672. The number of hydrogen-bond donors (Lipinski definition) is 2. The molecule has 1 saturated carbocycles. The molecule has 1 aromatic heterocycles. The maximum absolute atomic E-state index is 12.0. The fourth-order valence-corrected chi connectivity index (χ4v) is 5.91. The van der Waals surface area contributed by atoms with Crippen molar-refractivity contribution in [3.05, 3.63) is 29.6 Å². The summed E-state index contributed by atoms with van der Waals surface area (Å²) in [4.78, 5) is 17.2. The lowest BCUT2D eigenvalue weighted by molar-refractivity contribution is -0.125. The summed E-state index contributed by atoms with van der Waals surface area (Å²) >= 11 is 1.82. The summed E-state index contributed by atoms with van der Waals surface area (Å²) in [5.74, 6) is 0.756. The van der Waals surface area contributed by atoms with Crippen molar-refractivity contribution >= 4 is 33.0 Å². The van der Waals surface area contributed by atoms with E-state index in [1.54, 1.807) is 13.8 Å². The molecule has 5 nitrogen and oxygen atoms in total. The van der Waals surface area contributed by atoms with Gasteiger partial charge in [-0.3, -0.25) is 9.69 Å². The summed E-state index contributed by atoms with van der Waals surface area (Å²) in [5, 5.41) is 16.5. The highest BCUT2D eigenvalue weighted by Crippen LogP contribution is 2.31. The number of rotatable bonds is 7. The van der Waals surface area contributed by atoms with Gasteiger partial charge in [0, 0.05) is 48.0 Å². The molecule has 0 atom stereocenters. The first kappa shape index (κ1) is 22.6. The molecule has 0 spiro atoms. The van der Waals surface area contributed by atoms with Crippen LogP contribution in [0.15, 0.2) is 29.6 Å². The first-order chi connectivity index (χ1) is 14.9. The molecule has 0 unspecified atom stereocenters. The number of anilines is 1. The second kappa shape index (κ2) is 9.88. The molecule has 1 aliphatic carbocycles. The number of amides is 1. The minimum atomic E-state index is -0.929. The van der Waals surface area contributed by atoms with Gasteiger partial charge in [-0.15, -0.1) is 11.3 Å². The normalized spacial score (nSPS) is 23.3. The van der Waals surface area contributed by atoms with E-state index in [1.165, 1.54) is 41.6 Å². The van der Waals surface area contributed by atoms with Crippen LogP contribution in [0.5, 0.6) is 0 Å². The van der Waals surface area contributed by atoms with E-state index in [1.807, 2.05) is 11.3 Å². The summed E-state index contributed by atoms with van der Waals surface area (Å²) in [6.45, 7) is 9.06. The van der Waals surface area contributed by atoms with Gasteiger partial charge in [0.25, 0.3) is 0 Å². The zero-order chi connectivity index (χ0) is 21.8. The molecule has 6 heteroatoms. The van der Waals surface area contributed by atoms with Crippen LogP contribution in [0.4, 0.5) is 5.69 Å². The molecule has 1 aromatic carbocycles. The molecule has 2 aromatic rings. The molecule has 4 rings (SSSR count). The topological polar surface area (TPSA) is 55.8 Å². The van der Waals surface area contributed by atoms with Gasteiger partial charge in [0.05, 0.1) is 12.0 Å². The van der Waals surface area contributed by atoms with E-state index < -0.39 is 5.60 Å². The molecule has 170 valence electrons. The lowest BCUT2D eigenvalue weighted by Gasteiger charge is -2.37. The molecule has 2 heterocycles. The number of nitrogens with zero attached hydrogens (tertiary/aromatic N) is 2. The van der Waals surface area contributed by atoms with Crippen LogP contribution in [0.1, 0.15) is 52.4 Å². The Morgan fingerprint density at radius 3 is 2.58 bits per heavy atom. The third kappa shape index (κ3) is 6.21. The average molecular weight is 444 g/mol. The minimum absolute atomic E-state index is 0.0213. The average Bonchev–Trinajstić information content (AvgIpc) is 3.21. The van der Waals surface area contributed by atoms with E-state index in [0.717, 1.165) is 44.9 Å². The van der Waals surface area contributed by atoms with Crippen molar-refractivity contribution in [1.29, 1.82) is 0 Å². The van der Waals surface area contributed by atoms with Crippen LogP contribution in [-0.2, 0) is 4.79 Å². The highest BCUT2D eigenvalue weighted by Gasteiger charge is 2.26. The fourth-order valence-electron chi connectivity index (χ4n) is 5.10. The van der Waals surface area contributed by atoms with Crippen molar-refractivity contribution in [3.63, 3.8) is 0 Å². The van der Waals surface area contributed by atoms with Crippen molar-refractivity contribution in [2.75, 3.05) is 37.6 Å². The first-order valence-electron chi connectivity index (χ1n) is 11.8. The smallest absolute Gasteiger partial charge is 0.223 e. The van der Waals surface area contributed by atoms with Gasteiger partial charge >= 0.3 is 0 Å². The molecule has 0 bridgehead atoms. The molecule has 1 aliphatic heterocycles. The van der Waals surface area contributed by atoms with Crippen LogP contribution in [0.3, 0.4) is 0 Å². The number of carbonyl (C=O) groups is 1. The highest BCUT2D eigenvalue weighted by molar-refractivity contribution is 7.17. The Morgan fingerprint density at radius 2 is 1.87 bits per heavy atom. The molecule has 2 aliphatic rings. The zero-order valence-electron chi connectivity index (χ0n) is 19.0. The van der Waals surface area contributed by atoms with Crippen LogP contribution in [-0.4, -0.2) is 60.3 Å². The van der Waals surface area contributed by atoms with Gasteiger partial charge in [-0.05, 0) is 82.0 Å². The highest BCUT2D eigenvalue weighted by atomic mass is 32.1. The van der Waals surface area contributed by atoms with Crippen LogP contribution in [0.2, 0.25) is 0 Å². The second-order valence-electron chi connectivity index (χ2n) is 10.0. The summed E-state index contributed by atoms with van der Waals surface area (Å²) in [6, 6.07) is 9.21. The van der Waals surface area contributed by atoms with Gasteiger partial charge in [0.2, 0.25) is 5.91 Å². The van der Waals surface area contributed by atoms with Crippen molar-refractivity contribution in [1.82, 2.24) is 10.2 Å². The van der Waals surface area contributed by atoms with Crippen molar-refractivity contribution in [2.45, 2.75) is 64.0 Å². The van der Waals surface area contributed by atoms with Gasteiger partial charge in [-0.1, -0.05) is 6.07 Å². The van der Waals surface area contributed by atoms with Crippen LogP contribution in [0, 0.1) is 5.92 Å². The summed E-state index contributed by atoms with van der Waals surface area (Å²) < 4.78 is 1.38. The Balaban J connectivity index is 1.16. The molecular weight excluding hydrogens is 406 g/mol. The maximum Gasteiger partial charge on any atom is 0.223 e. The Kier molecular flexibility index (Phi) is 7.19. The Labute approximate surface area is 190 Å². The van der Waals surface area contributed by atoms with E-state index >= 15 is 0 Å². The van der Waals surface area contributed by atoms with E-state index in [-0.39, 0.29) is 18.4 Å². The first-order valence-corrected chi connectivity index (χ1v) is 12.7. The third-order valence-corrected chi connectivity index (χ3v) is 7.73. The molecule has 2 fully saturated rings. The Hall–Kier alpha value is -1.63. The molecule has 31 heavy (non-hydrogen) atoms. The predicted molar refractivity (Wildman–Crippen MR) is 130 cm³/mol. The number of aliphatic hydroxyl groups is 1. The number of nitrogens with one attached hydrogen (secondary N) is 1. The van der Waals surface area contributed by atoms with E-state index in [4.69, 9.17) is 0 Å². The number of hydrogen-bond acceptors (Lipinski definition) is 5. The van der Waals surface area contributed by atoms with Crippen molar-refractivity contribution in [3.8, 4) is 0 Å². The van der Waals surface area contributed by atoms with E-state index in [9.17, 15) is 9.90 Å². The number of benzene rings is 1. The van der Waals surface area contributed by atoms with E-state index in [0.29, 0.717) is 0 Å². The van der Waals surface area contributed by atoms with Crippen molar-refractivity contribution in [2.24, 2.45) is 5.92 Å². The van der Waals surface area contributed by atoms with Crippen LogP contribution >= 0.6 is 11.3 Å². The second-order valence-corrected chi connectivity index (χ2v) is 10.9. The molecule has 1 saturated heterocycles. The van der Waals surface area contributed by atoms with Gasteiger partial charge in [-0.2, -0.15) is 0 Å². The number of thiophene rings is 1. The molecule has 1 amide bonds. The predicted octanol–water partition coefficient (Wildman–Crippen LogP) is 4.25. The maximum atomic E-state index is 12.0. The van der Waals surface area contributed by atoms with Crippen LogP contribution in [0.25, 0.3) is 10.1 Å². The molecular formula is C25H37N3O2S. The van der Waals surface area contributed by atoms with Gasteiger partial charge < -0.3 is 15.3 Å². The number of fused-ring (bicyclic) bond motifs is 1. The lowest BCUT2D eigenvalue weighted by Crippen LogP contribution is -2.47. The summed E-state index contributed by atoms with van der Waals surface area (Å²) in [6.07, 6.45) is 5.99. The summed E-state index contributed by atoms with van der Waals surface area (Å²) in [7, 11) is 0. The summed E-state index contributed by atoms with van der Waals surface area (Å²) in [5.41, 5.74) is 0.463. The van der Waals surface area contributed by atoms with Crippen molar-refractivity contribution < 1.29 is 9.90 Å². The lowest BCUT2D eigenvalue weighted by atomic mass is 9.84. The molecule has 2 N–H and O–H groups in total. The Morgan fingerprint density at radius 1 is 1.13 bits per heavy atom. The standard InChI is InChI=1S/C25H37N3O2S/c1-25(2,30)18-24(29)26-20-8-6-19(7-9-20)10-12-27-13-15-28(16-14-27)22-4-3-5-23-21(22)11-17-31-23/h3-5,11,17,19-20,30H,6-10,12-16,18H2,1-2H3,(H,26,29)/t19-,20-. The van der Waals surface area contributed by atoms with Gasteiger partial charge in [0.15, 0.2) is 0 Å². The zero-order valence-corrected chi connectivity index (χ0v) is 19.8. The SMILES string of the molecule is CC(C)(O)CC(=O)N[C@H]1CC[C@H](CCN2CCN(c3cccc4sccc34)CC2)CC1. The largest absolute Gasteiger partial charge is 0.390 e. The molecule has 0 radical (unpaired) electrons. The minimum Gasteiger partial charge on any atom is -0.390 e. The monoisotopic (exact) mass is 443 g/mol. The van der Waals surface area contributed by atoms with Gasteiger partial charge in [0.1, 0.15) is 0 Å². The third-order valence-electron chi connectivity index (χ3n) is 6.84. The fraction of sp³-hybridized carbons (Fsp3) is 0.640. The van der Waals surface area contributed by atoms with Crippen LogP contribution < -0.4 is 10.2 Å². The number of piperazine rings is 1. The Bertz CT molecular complexity index is 859.